The van der Waals surface area contributed by atoms with Crippen LogP contribution in [0.25, 0.3) is 0 Å². The molecule has 0 aromatic heterocycles. The van der Waals surface area contributed by atoms with Crippen LogP contribution >= 0.6 is 8.15 Å². The molecule has 0 rings (SSSR count). The maximum absolute atomic E-state index is 13.6. The monoisotopic (exact) mass is 480 g/mol. The van der Waals surface area contributed by atoms with Crippen molar-refractivity contribution in [3.63, 3.8) is 0 Å². The molecule has 0 spiro atoms. The van der Waals surface area contributed by atoms with E-state index in [1.165, 1.54) is 0 Å². The Bertz CT molecular complexity index is 534. The van der Waals surface area contributed by atoms with Gasteiger partial charge in [-0.1, -0.05) is 27.7 Å². The van der Waals surface area contributed by atoms with Crippen molar-refractivity contribution >= 4 is 8.15 Å². The lowest BCUT2D eigenvalue weighted by Gasteiger charge is -2.39. The smallest absolute Gasteiger partial charge is 0.358 e. The van der Waals surface area contributed by atoms with E-state index >= 15 is 0 Å². The van der Waals surface area contributed by atoms with E-state index in [0.29, 0.717) is 0 Å². The van der Waals surface area contributed by atoms with Crippen molar-refractivity contribution in [3.05, 3.63) is 0 Å². The molecule has 0 aliphatic rings. The fraction of sp³-hybridized carbons (Fsp3) is 1.00. The Morgan fingerprint density at radius 2 is 0.931 bits per heavy atom. The van der Waals surface area contributed by atoms with Gasteiger partial charge in [0.2, 0.25) is 0 Å². The minimum atomic E-state index is -7.87. The van der Waals surface area contributed by atoms with Gasteiger partial charge in [-0.05, 0) is 11.3 Å². The first-order valence-electron chi connectivity index (χ1n) is 7.86. The second-order valence-electron chi connectivity index (χ2n) is 6.63. The van der Waals surface area contributed by atoms with Crippen LogP contribution < -0.4 is 0 Å². The number of rotatable bonds is 10. The number of halogens is 13. The summed E-state index contributed by atoms with van der Waals surface area (Å²) >= 11 is 0. The fourth-order valence-electron chi connectivity index (χ4n) is 2.13. The second kappa shape index (κ2) is 8.55. The number of alkyl halides is 13. The standard InChI is InChI=1S/C14H18F13OP/c1-7(2)29(8(3)4)28-6-5-9(15,16)10(17,18)11(19,20)12(21,22)13(23,24)14(25,26)27/h7-8H,5-6H2,1-4H3. The highest BCUT2D eigenvalue weighted by atomic mass is 31.1. The van der Waals surface area contributed by atoms with Crippen molar-refractivity contribution in [2.45, 2.75) is 81.2 Å². The minimum Gasteiger partial charge on any atom is -0.358 e. The van der Waals surface area contributed by atoms with Gasteiger partial charge in [0.05, 0.1) is 6.61 Å². The Kier molecular flexibility index (Phi) is 8.39. The van der Waals surface area contributed by atoms with Gasteiger partial charge in [0.15, 0.2) is 0 Å². The molecule has 0 amide bonds. The molecule has 0 aromatic rings. The topological polar surface area (TPSA) is 9.23 Å². The molecule has 0 radical (unpaired) electrons. The van der Waals surface area contributed by atoms with Crippen molar-refractivity contribution in [1.82, 2.24) is 0 Å². The summed E-state index contributed by atoms with van der Waals surface area (Å²) in [6, 6.07) is 0. The molecule has 0 unspecified atom stereocenters. The van der Waals surface area contributed by atoms with Gasteiger partial charge in [-0.15, -0.1) is 0 Å². The highest BCUT2D eigenvalue weighted by molar-refractivity contribution is 7.54. The predicted molar refractivity (Wildman–Crippen MR) is 78.6 cm³/mol. The highest BCUT2D eigenvalue weighted by Crippen LogP contribution is 2.60. The first-order valence-corrected chi connectivity index (χ1v) is 9.26. The largest absolute Gasteiger partial charge is 0.460 e. The predicted octanol–water partition coefficient (Wildman–Crippen LogP) is 7.35. The summed E-state index contributed by atoms with van der Waals surface area (Å²) < 4.78 is 173. The molecule has 0 heterocycles. The molecular weight excluding hydrogens is 462 g/mol. The van der Waals surface area contributed by atoms with Crippen molar-refractivity contribution in [2.24, 2.45) is 0 Å². The van der Waals surface area contributed by atoms with Gasteiger partial charge in [-0.25, -0.2) is 0 Å². The highest BCUT2D eigenvalue weighted by Gasteiger charge is 2.90. The summed E-state index contributed by atoms with van der Waals surface area (Å²) in [6.45, 7) is 4.90. The van der Waals surface area contributed by atoms with E-state index in [4.69, 9.17) is 4.52 Å². The lowest BCUT2D eigenvalue weighted by atomic mass is 9.93. The van der Waals surface area contributed by atoms with E-state index in [-0.39, 0.29) is 11.3 Å². The van der Waals surface area contributed by atoms with Gasteiger partial charge < -0.3 is 4.52 Å². The van der Waals surface area contributed by atoms with Crippen LogP contribution in [0.4, 0.5) is 57.1 Å². The quantitative estimate of drug-likeness (QED) is 0.235. The molecule has 0 aliphatic carbocycles. The van der Waals surface area contributed by atoms with Crippen molar-refractivity contribution in [1.29, 1.82) is 0 Å². The van der Waals surface area contributed by atoms with Gasteiger partial charge in [-0.2, -0.15) is 57.1 Å². The van der Waals surface area contributed by atoms with Crippen LogP contribution in [0.15, 0.2) is 0 Å². The van der Waals surface area contributed by atoms with Gasteiger partial charge in [-0.3, -0.25) is 0 Å². The van der Waals surface area contributed by atoms with Crippen molar-refractivity contribution in [2.75, 3.05) is 6.61 Å². The zero-order chi connectivity index (χ0) is 23.9. The maximum atomic E-state index is 13.6. The van der Waals surface area contributed by atoms with Gasteiger partial charge in [0.1, 0.15) is 0 Å². The summed E-state index contributed by atoms with van der Waals surface area (Å²) in [5.41, 5.74) is -0.592. The summed E-state index contributed by atoms with van der Waals surface area (Å²) in [7, 11) is -1.53. The first kappa shape index (κ1) is 28.5. The Morgan fingerprint density at radius 1 is 0.586 bits per heavy atom. The van der Waals surface area contributed by atoms with E-state index in [2.05, 4.69) is 0 Å². The molecule has 176 valence electrons. The summed E-state index contributed by atoms with van der Waals surface area (Å²) in [4.78, 5) is 0. The third-order valence-corrected chi connectivity index (χ3v) is 6.19. The third kappa shape index (κ3) is 5.04. The van der Waals surface area contributed by atoms with Crippen LogP contribution in [0.1, 0.15) is 34.1 Å². The fourth-order valence-corrected chi connectivity index (χ4v) is 4.22. The van der Waals surface area contributed by atoms with Crippen LogP contribution in [0, 0.1) is 0 Å². The molecule has 0 saturated heterocycles. The Morgan fingerprint density at radius 3 is 1.24 bits per heavy atom. The molecule has 0 aromatic carbocycles. The molecule has 1 nitrogen and oxygen atoms in total. The van der Waals surface area contributed by atoms with Crippen LogP contribution in [0.2, 0.25) is 0 Å². The van der Waals surface area contributed by atoms with E-state index < -0.39 is 57.0 Å². The van der Waals surface area contributed by atoms with E-state index in [0.717, 1.165) is 0 Å². The lowest BCUT2D eigenvalue weighted by molar-refractivity contribution is -0.440. The first-order chi connectivity index (χ1) is 12.5. The lowest BCUT2D eigenvalue weighted by Crippen LogP contribution is -2.70. The van der Waals surface area contributed by atoms with E-state index in [9.17, 15) is 57.1 Å². The molecule has 0 aliphatic heterocycles. The number of hydrogen-bond donors (Lipinski definition) is 0. The van der Waals surface area contributed by atoms with Crippen LogP contribution in [-0.2, 0) is 4.52 Å². The van der Waals surface area contributed by atoms with Crippen LogP contribution in [-0.4, -0.2) is 53.7 Å². The molecule has 0 bridgehead atoms. The molecule has 15 heteroatoms. The minimum absolute atomic E-state index is 0.296. The zero-order valence-corrected chi connectivity index (χ0v) is 16.2. The Balaban J connectivity index is 5.76. The SMILES string of the molecule is CC(C)P(OCCC(F)(F)C(F)(F)C(F)(F)C(F)(F)C(F)(F)C(F)(F)F)C(C)C. The summed E-state index contributed by atoms with van der Waals surface area (Å²) in [6.07, 6.45) is -9.72. The van der Waals surface area contributed by atoms with Crippen LogP contribution in [0.3, 0.4) is 0 Å². The molecule has 0 atom stereocenters. The summed E-state index contributed by atoms with van der Waals surface area (Å²) in [5.74, 6) is -36.7. The van der Waals surface area contributed by atoms with Gasteiger partial charge in [0.25, 0.3) is 0 Å². The van der Waals surface area contributed by atoms with Crippen LogP contribution in [0.5, 0.6) is 0 Å². The summed E-state index contributed by atoms with van der Waals surface area (Å²) in [5, 5.41) is 0. The zero-order valence-electron chi connectivity index (χ0n) is 15.3. The third-order valence-electron chi connectivity index (χ3n) is 3.67. The number of hydrogen-bond acceptors (Lipinski definition) is 1. The van der Waals surface area contributed by atoms with Crippen molar-refractivity contribution in [3.8, 4) is 0 Å². The van der Waals surface area contributed by atoms with E-state index in [1.807, 2.05) is 0 Å². The van der Waals surface area contributed by atoms with Gasteiger partial charge in [0, 0.05) is 14.6 Å². The molecule has 29 heavy (non-hydrogen) atoms. The van der Waals surface area contributed by atoms with E-state index in [1.54, 1.807) is 27.7 Å². The maximum Gasteiger partial charge on any atom is 0.460 e. The second-order valence-corrected chi connectivity index (χ2v) is 9.67. The molecular formula is C14H18F13OP. The normalized spacial score (nSPS) is 15.7. The molecule has 0 saturated carbocycles. The Labute approximate surface area is 158 Å². The van der Waals surface area contributed by atoms with Gasteiger partial charge >= 0.3 is 35.8 Å². The average Bonchev–Trinajstić information content (AvgIpc) is 2.48. The van der Waals surface area contributed by atoms with Crippen molar-refractivity contribution < 1.29 is 61.6 Å². The average molecular weight is 480 g/mol. The molecule has 0 fully saturated rings. The Hall–Kier alpha value is -0.520. The molecule has 0 N–H and O–H groups in total.